The van der Waals surface area contributed by atoms with Gasteiger partial charge in [0.05, 0.1) is 22.4 Å². The van der Waals surface area contributed by atoms with Crippen LogP contribution in [0.3, 0.4) is 0 Å². The van der Waals surface area contributed by atoms with Crippen LogP contribution in [0.1, 0.15) is 34.7 Å². The van der Waals surface area contributed by atoms with Crippen molar-refractivity contribution in [2.45, 2.75) is 18.8 Å². The molecule has 0 unspecified atom stereocenters. The first-order valence-electron chi connectivity index (χ1n) is 9.25. The SMILES string of the molecule is O=C(c1cnn(-c2ccc([N+](=O)[O-])cc2)c1)N1CCC(c2ccccc2)CC1. The molecule has 1 aromatic heterocycles. The summed E-state index contributed by atoms with van der Waals surface area (Å²) in [7, 11) is 0. The third kappa shape index (κ3) is 3.64. The van der Waals surface area contributed by atoms with Gasteiger partial charge >= 0.3 is 0 Å². The van der Waals surface area contributed by atoms with Crippen LogP contribution < -0.4 is 0 Å². The summed E-state index contributed by atoms with van der Waals surface area (Å²) in [5, 5.41) is 15.0. The molecule has 7 heteroatoms. The Labute approximate surface area is 162 Å². The summed E-state index contributed by atoms with van der Waals surface area (Å²) in [5.74, 6) is 0.466. The smallest absolute Gasteiger partial charge is 0.269 e. The van der Waals surface area contributed by atoms with Gasteiger partial charge in [-0.25, -0.2) is 4.68 Å². The minimum absolute atomic E-state index is 0.0218. The van der Waals surface area contributed by atoms with Gasteiger partial charge in [0.1, 0.15) is 0 Å². The number of likely N-dealkylation sites (tertiary alicyclic amines) is 1. The number of rotatable bonds is 4. The Morgan fingerprint density at radius 2 is 1.71 bits per heavy atom. The predicted octanol–water partition coefficient (Wildman–Crippen LogP) is 3.80. The van der Waals surface area contributed by atoms with E-state index in [1.165, 1.54) is 17.7 Å². The molecule has 142 valence electrons. The van der Waals surface area contributed by atoms with Crippen molar-refractivity contribution in [3.05, 3.63) is 88.2 Å². The summed E-state index contributed by atoms with van der Waals surface area (Å²) in [6.45, 7) is 1.45. The molecule has 7 nitrogen and oxygen atoms in total. The molecule has 0 bridgehead atoms. The number of nitro benzene ring substituents is 1. The fraction of sp³-hybridized carbons (Fsp3) is 0.238. The average molecular weight is 376 g/mol. The molecule has 0 aliphatic carbocycles. The lowest BCUT2D eigenvalue weighted by Gasteiger charge is -2.32. The summed E-state index contributed by atoms with van der Waals surface area (Å²) in [5.41, 5.74) is 2.55. The number of nitrogens with zero attached hydrogens (tertiary/aromatic N) is 4. The highest BCUT2D eigenvalue weighted by molar-refractivity contribution is 5.93. The van der Waals surface area contributed by atoms with Crippen LogP contribution in [-0.2, 0) is 0 Å². The van der Waals surface area contributed by atoms with Gasteiger partial charge in [0, 0.05) is 31.4 Å². The maximum Gasteiger partial charge on any atom is 0.269 e. The van der Waals surface area contributed by atoms with Gasteiger partial charge in [0.2, 0.25) is 0 Å². The molecular formula is C21H20N4O3. The van der Waals surface area contributed by atoms with Crippen molar-refractivity contribution in [2.75, 3.05) is 13.1 Å². The Morgan fingerprint density at radius 3 is 2.36 bits per heavy atom. The van der Waals surface area contributed by atoms with Crippen LogP contribution in [0.2, 0.25) is 0 Å². The van der Waals surface area contributed by atoms with E-state index in [2.05, 4.69) is 29.4 Å². The quantitative estimate of drug-likeness (QED) is 0.512. The molecule has 28 heavy (non-hydrogen) atoms. The molecule has 3 aromatic rings. The van der Waals surface area contributed by atoms with E-state index in [9.17, 15) is 14.9 Å². The lowest BCUT2D eigenvalue weighted by Crippen LogP contribution is -2.37. The molecule has 1 amide bonds. The first-order chi connectivity index (χ1) is 13.6. The van der Waals surface area contributed by atoms with Crippen LogP contribution in [0.25, 0.3) is 5.69 Å². The molecule has 0 radical (unpaired) electrons. The van der Waals surface area contributed by atoms with Gasteiger partial charge in [0.25, 0.3) is 11.6 Å². The number of benzene rings is 2. The number of aromatic nitrogens is 2. The predicted molar refractivity (Wildman–Crippen MR) is 105 cm³/mol. The number of hydrogen-bond acceptors (Lipinski definition) is 4. The second-order valence-electron chi connectivity index (χ2n) is 6.92. The van der Waals surface area contributed by atoms with E-state index in [4.69, 9.17) is 0 Å². The summed E-state index contributed by atoms with van der Waals surface area (Å²) < 4.78 is 1.56. The molecule has 4 rings (SSSR count). The third-order valence-electron chi connectivity index (χ3n) is 5.21. The molecule has 0 atom stereocenters. The largest absolute Gasteiger partial charge is 0.339 e. The van der Waals surface area contributed by atoms with Crippen molar-refractivity contribution < 1.29 is 9.72 Å². The Morgan fingerprint density at radius 1 is 1.04 bits per heavy atom. The normalized spacial score (nSPS) is 14.8. The molecule has 2 aromatic carbocycles. The maximum atomic E-state index is 12.8. The van der Waals surface area contributed by atoms with Crippen molar-refractivity contribution in [2.24, 2.45) is 0 Å². The molecule has 0 spiro atoms. The van der Waals surface area contributed by atoms with E-state index in [1.54, 1.807) is 29.2 Å². The van der Waals surface area contributed by atoms with E-state index in [0.29, 0.717) is 17.2 Å². The molecule has 1 fully saturated rings. The number of non-ortho nitro benzene ring substituents is 1. The van der Waals surface area contributed by atoms with Gasteiger partial charge in [-0.3, -0.25) is 14.9 Å². The third-order valence-corrected chi connectivity index (χ3v) is 5.21. The second kappa shape index (κ2) is 7.64. The van der Waals surface area contributed by atoms with Gasteiger partial charge in [-0.1, -0.05) is 30.3 Å². The van der Waals surface area contributed by atoms with Crippen molar-refractivity contribution >= 4 is 11.6 Å². The second-order valence-corrected chi connectivity index (χ2v) is 6.92. The molecule has 1 aliphatic rings. The highest BCUT2D eigenvalue weighted by Crippen LogP contribution is 2.28. The van der Waals surface area contributed by atoms with Gasteiger partial charge in [-0.15, -0.1) is 0 Å². The summed E-state index contributed by atoms with van der Waals surface area (Å²) in [6, 6.07) is 16.5. The number of amides is 1. The number of nitro groups is 1. The van der Waals surface area contributed by atoms with Crippen LogP contribution >= 0.6 is 0 Å². The zero-order chi connectivity index (χ0) is 19.5. The average Bonchev–Trinajstić information content (AvgIpc) is 3.24. The van der Waals surface area contributed by atoms with Crippen LogP contribution in [0.5, 0.6) is 0 Å². The Kier molecular flexibility index (Phi) is 4.89. The first kappa shape index (κ1) is 17.9. The summed E-state index contributed by atoms with van der Waals surface area (Å²) >= 11 is 0. The minimum Gasteiger partial charge on any atom is -0.339 e. The molecule has 1 saturated heterocycles. The van der Waals surface area contributed by atoms with Crippen molar-refractivity contribution in [3.8, 4) is 5.69 Å². The van der Waals surface area contributed by atoms with Crippen molar-refractivity contribution in [3.63, 3.8) is 0 Å². The van der Waals surface area contributed by atoms with E-state index in [-0.39, 0.29) is 11.6 Å². The minimum atomic E-state index is -0.444. The van der Waals surface area contributed by atoms with Crippen LogP contribution in [0.15, 0.2) is 67.0 Å². The number of carbonyl (C=O) groups is 1. The Hall–Kier alpha value is -3.48. The maximum absolute atomic E-state index is 12.8. The number of piperidine rings is 1. The Balaban J connectivity index is 1.41. The van der Waals surface area contributed by atoms with E-state index >= 15 is 0 Å². The molecule has 1 aliphatic heterocycles. The topological polar surface area (TPSA) is 81.3 Å². The van der Waals surface area contributed by atoms with Gasteiger partial charge in [-0.05, 0) is 36.5 Å². The van der Waals surface area contributed by atoms with Gasteiger partial charge < -0.3 is 4.90 Å². The highest BCUT2D eigenvalue weighted by Gasteiger charge is 2.25. The first-order valence-corrected chi connectivity index (χ1v) is 9.25. The van der Waals surface area contributed by atoms with Crippen molar-refractivity contribution in [1.82, 2.24) is 14.7 Å². The Bertz CT molecular complexity index is 974. The standard InChI is InChI=1S/C21H20N4O3/c26-21(23-12-10-17(11-13-23)16-4-2-1-3-5-16)18-14-22-24(15-18)19-6-8-20(9-7-19)25(27)28/h1-9,14-15,17H,10-13H2. The highest BCUT2D eigenvalue weighted by atomic mass is 16.6. The van der Waals surface area contributed by atoms with Crippen LogP contribution in [0.4, 0.5) is 5.69 Å². The lowest BCUT2D eigenvalue weighted by molar-refractivity contribution is -0.384. The van der Waals surface area contributed by atoms with E-state index in [1.807, 2.05) is 11.0 Å². The van der Waals surface area contributed by atoms with Gasteiger partial charge in [-0.2, -0.15) is 5.10 Å². The van der Waals surface area contributed by atoms with Gasteiger partial charge in [0.15, 0.2) is 0 Å². The summed E-state index contributed by atoms with van der Waals surface area (Å²) in [6.07, 6.45) is 5.12. The zero-order valence-electron chi connectivity index (χ0n) is 15.3. The van der Waals surface area contributed by atoms with Crippen LogP contribution in [0, 0.1) is 10.1 Å². The molecule has 2 heterocycles. The molecule has 0 N–H and O–H groups in total. The van der Waals surface area contributed by atoms with Crippen LogP contribution in [-0.4, -0.2) is 38.6 Å². The lowest BCUT2D eigenvalue weighted by atomic mass is 9.89. The molecular weight excluding hydrogens is 356 g/mol. The monoisotopic (exact) mass is 376 g/mol. The summed E-state index contributed by atoms with van der Waals surface area (Å²) in [4.78, 5) is 25.0. The van der Waals surface area contributed by atoms with E-state index in [0.717, 1.165) is 25.9 Å². The van der Waals surface area contributed by atoms with E-state index < -0.39 is 4.92 Å². The molecule has 0 saturated carbocycles. The fourth-order valence-corrected chi connectivity index (χ4v) is 3.63. The number of carbonyl (C=O) groups excluding carboxylic acids is 1. The zero-order valence-corrected chi connectivity index (χ0v) is 15.3. The fourth-order valence-electron chi connectivity index (χ4n) is 3.63. The van der Waals surface area contributed by atoms with Crippen molar-refractivity contribution in [1.29, 1.82) is 0 Å². The number of hydrogen-bond donors (Lipinski definition) is 0.